The van der Waals surface area contributed by atoms with Crippen molar-refractivity contribution in [3.8, 4) is 0 Å². The Kier molecular flexibility index (Phi) is 5.69. The van der Waals surface area contributed by atoms with Crippen LogP contribution in [0.15, 0.2) is 36.4 Å². The molecule has 0 spiro atoms. The third kappa shape index (κ3) is 3.09. The third-order valence-electron chi connectivity index (χ3n) is 2.25. The maximum Gasteiger partial charge on any atom is -0.0155 e. The number of aryl methyl sites for hydroxylation is 2. The van der Waals surface area contributed by atoms with Crippen molar-refractivity contribution in [3.05, 3.63) is 47.5 Å². The Morgan fingerprint density at radius 3 is 2.20 bits per heavy atom. The molecule has 0 atom stereocenters. The second-order valence-electron chi connectivity index (χ2n) is 3.30. The van der Waals surface area contributed by atoms with Crippen molar-refractivity contribution in [2.75, 3.05) is 0 Å². The van der Waals surface area contributed by atoms with Gasteiger partial charge >= 0.3 is 0 Å². The summed E-state index contributed by atoms with van der Waals surface area (Å²) in [5.41, 5.74) is 2.68. The number of benzene rings is 2. The molecule has 0 N–H and O–H groups in total. The van der Waals surface area contributed by atoms with Gasteiger partial charge in [0.05, 0.1) is 0 Å². The van der Waals surface area contributed by atoms with E-state index in [1.54, 1.807) is 0 Å². The Morgan fingerprint density at radius 2 is 1.53 bits per heavy atom. The van der Waals surface area contributed by atoms with E-state index in [-0.39, 0.29) is 7.43 Å². The van der Waals surface area contributed by atoms with Gasteiger partial charge in [-0.25, -0.2) is 0 Å². The van der Waals surface area contributed by atoms with E-state index in [0.717, 1.165) is 0 Å². The molecule has 0 aromatic heterocycles. The van der Waals surface area contributed by atoms with Crippen LogP contribution in [0.3, 0.4) is 0 Å². The van der Waals surface area contributed by atoms with Crippen LogP contribution in [-0.4, -0.2) is 0 Å². The predicted molar refractivity (Wildman–Crippen MR) is 71.5 cm³/mol. The van der Waals surface area contributed by atoms with Crippen molar-refractivity contribution >= 4 is 10.8 Å². The van der Waals surface area contributed by atoms with Crippen LogP contribution in [0.2, 0.25) is 0 Å². The molecule has 15 heavy (non-hydrogen) atoms. The molecule has 0 fully saturated rings. The van der Waals surface area contributed by atoms with E-state index in [9.17, 15) is 0 Å². The lowest BCUT2D eigenvalue weighted by Gasteiger charge is -2.01. The Bertz CT molecular complexity index is 413. The number of fused-ring (bicyclic) bond motifs is 1. The highest BCUT2D eigenvalue weighted by Crippen LogP contribution is 2.18. The molecule has 0 aliphatic heterocycles. The van der Waals surface area contributed by atoms with Gasteiger partial charge in [0.25, 0.3) is 0 Å². The van der Waals surface area contributed by atoms with Gasteiger partial charge < -0.3 is 0 Å². The van der Waals surface area contributed by atoms with Crippen LogP contribution >= 0.6 is 0 Å². The molecule has 2 aromatic carbocycles. The molecular formula is C15H22. The van der Waals surface area contributed by atoms with Gasteiger partial charge in [-0.2, -0.15) is 0 Å². The van der Waals surface area contributed by atoms with Crippen LogP contribution in [0.25, 0.3) is 10.8 Å². The summed E-state index contributed by atoms with van der Waals surface area (Å²) in [6, 6.07) is 13.0. The summed E-state index contributed by atoms with van der Waals surface area (Å²) in [4.78, 5) is 0. The summed E-state index contributed by atoms with van der Waals surface area (Å²) < 4.78 is 0. The molecule has 0 unspecified atom stereocenters. The SMILES string of the molecule is C.CC.Cc1ccc2c(C)cccc2c1. The van der Waals surface area contributed by atoms with E-state index < -0.39 is 0 Å². The molecule has 0 radical (unpaired) electrons. The lowest BCUT2D eigenvalue weighted by Crippen LogP contribution is -1.78. The van der Waals surface area contributed by atoms with Crippen LogP contribution in [-0.2, 0) is 0 Å². The maximum absolute atomic E-state index is 2.22. The monoisotopic (exact) mass is 202 g/mol. The van der Waals surface area contributed by atoms with E-state index >= 15 is 0 Å². The van der Waals surface area contributed by atoms with Gasteiger partial charge in [-0.05, 0) is 30.2 Å². The highest BCUT2D eigenvalue weighted by molar-refractivity contribution is 5.85. The zero-order chi connectivity index (χ0) is 10.6. The quantitative estimate of drug-likeness (QED) is 0.556. The van der Waals surface area contributed by atoms with E-state index in [4.69, 9.17) is 0 Å². The van der Waals surface area contributed by atoms with Crippen molar-refractivity contribution in [3.63, 3.8) is 0 Å². The van der Waals surface area contributed by atoms with Crippen molar-refractivity contribution < 1.29 is 0 Å². The average molecular weight is 202 g/mol. The van der Waals surface area contributed by atoms with E-state index in [0.29, 0.717) is 0 Å². The molecule has 2 rings (SSSR count). The minimum Gasteiger partial charge on any atom is -0.0776 e. The van der Waals surface area contributed by atoms with Gasteiger partial charge in [0.15, 0.2) is 0 Å². The molecule has 0 amide bonds. The largest absolute Gasteiger partial charge is 0.0776 e. The molecule has 2 aromatic rings. The Hall–Kier alpha value is -1.30. The molecule has 0 nitrogen and oxygen atoms in total. The van der Waals surface area contributed by atoms with E-state index in [2.05, 4.69) is 50.2 Å². The predicted octanol–water partition coefficient (Wildman–Crippen LogP) is 5.12. The highest BCUT2D eigenvalue weighted by atomic mass is 14.0. The molecule has 0 aliphatic carbocycles. The van der Waals surface area contributed by atoms with Crippen LogP contribution in [0.1, 0.15) is 32.4 Å². The maximum atomic E-state index is 2.22. The van der Waals surface area contributed by atoms with E-state index in [1.807, 2.05) is 13.8 Å². The lowest BCUT2D eigenvalue weighted by atomic mass is 10.0. The molecule has 0 saturated carbocycles. The van der Waals surface area contributed by atoms with Gasteiger partial charge in [-0.3, -0.25) is 0 Å². The smallest absolute Gasteiger partial charge is 0.0155 e. The second kappa shape index (κ2) is 6.23. The van der Waals surface area contributed by atoms with Crippen molar-refractivity contribution in [1.82, 2.24) is 0 Å². The van der Waals surface area contributed by atoms with Crippen molar-refractivity contribution in [2.45, 2.75) is 35.1 Å². The minimum absolute atomic E-state index is 0. The Balaban J connectivity index is 0.000000617. The summed E-state index contributed by atoms with van der Waals surface area (Å²) in [6.45, 7) is 8.28. The fraction of sp³-hybridized carbons (Fsp3) is 0.333. The third-order valence-corrected chi connectivity index (χ3v) is 2.25. The van der Waals surface area contributed by atoms with Crippen LogP contribution in [0.5, 0.6) is 0 Å². The molecule has 0 saturated heterocycles. The first kappa shape index (κ1) is 13.7. The normalized spacial score (nSPS) is 8.80. The highest BCUT2D eigenvalue weighted by Gasteiger charge is 1.94. The summed E-state index contributed by atoms with van der Waals surface area (Å²) in [6.07, 6.45) is 0. The van der Waals surface area contributed by atoms with E-state index in [1.165, 1.54) is 21.9 Å². The zero-order valence-corrected chi connectivity index (χ0v) is 9.46. The first-order valence-electron chi connectivity index (χ1n) is 5.23. The van der Waals surface area contributed by atoms with Crippen molar-refractivity contribution in [2.24, 2.45) is 0 Å². The first-order chi connectivity index (χ1) is 6.77. The Morgan fingerprint density at radius 1 is 0.867 bits per heavy atom. The van der Waals surface area contributed by atoms with Gasteiger partial charge in [0.1, 0.15) is 0 Å². The van der Waals surface area contributed by atoms with Crippen molar-refractivity contribution in [1.29, 1.82) is 0 Å². The van der Waals surface area contributed by atoms with Crippen LogP contribution in [0, 0.1) is 13.8 Å². The standard InChI is InChI=1S/C12H12.C2H6.CH4/c1-9-6-7-12-10(2)4-3-5-11(12)8-9;1-2;/h3-8H,1-2H3;1-2H3;1H4. The summed E-state index contributed by atoms with van der Waals surface area (Å²) in [5, 5.41) is 2.71. The van der Waals surface area contributed by atoms with Gasteiger partial charge in [0.2, 0.25) is 0 Å². The minimum atomic E-state index is 0. The summed E-state index contributed by atoms with van der Waals surface area (Å²) in [7, 11) is 0. The molecule has 0 bridgehead atoms. The van der Waals surface area contributed by atoms with Gasteiger partial charge in [-0.15, -0.1) is 0 Å². The second-order valence-corrected chi connectivity index (χ2v) is 3.30. The number of rotatable bonds is 0. The topological polar surface area (TPSA) is 0 Å². The van der Waals surface area contributed by atoms with Crippen LogP contribution < -0.4 is 0 Å². The van der Waals surface area contributed by atoms with Gasteiger partial charge in [0, 0.05) is 0 Å². The Labute approximate surface area is 93.9 Å². The average Bonchev–Trinajstić information content (AvgIpc) is 2.21. The lowest BCUT2D eigenvalue weighted by molar-refractivity contribution is 1.48. The molecule has 0 heteroatoms. The summed E-state index contributed by atoms with van der Waals surface area (Å²) in [5.74, 6) is 0. The fourth-order valence-electron chi connectivity index (χ4n) is 1.57. The molecular weight excluding hydrogens is 180 g/mol. The number of hydrogen-bond donors (Lipinski definition) is 0. The van der Waals surface area contributed by atoms with Gasteiger partial charge in [-0.1, -0.05) is 63.2 Å². The van der Waals surface area contributed by atoms with Crippen LogP contribution in [0.4, 0.5) is 0 Å². The fourth-order valence-corrected chi connectivity index (χ4v) is 1.57. The zero-order valence-electron chi connectivity index (χ0n) is 9.46. The molecule has 0 heterocycles. The molecule has 0 aliphatic rings. The molecule has 82 valence electrons. The summed E-state index contributed by atoms with van der Waals surface area (Å²) >= 11 is 0. The number of hydrogen-bond acceptors (Lipinski definition) is 0. The first-order valence-corrected chi connectivity index (χ1v) is 5.23.